The largest absolute Gasteiger partial charge is 0.462 e. The van der Waals surface area contributed by atoms with E-state index in [0.717, 1.165) is 89.9 Å². The number of aliphatic hydroxyl groups is 1. The van der Waals surface area contributed by atoms with Gasteiger partial charge in [-0.05, 0) is 77.0 Å². The van der Waals surface area contributed by atoms with E-state index < -0.39 is 6.10 Å². The zero-order valence-corrected chi connectivity index (χ0v) is 42.5. The third kappa shape index (κ3) is 53.3. The fourth-order valence-corrected chi connectivity index (χ4v) is 7.57. The van der Waals surface area contributed by atoms with Crippen molar-refractivity contribution in [1.82, 2.24) is 0 Å². The predicted octanol–water partition coefficient (Wildman–Crippen LogP) is 18.4. The summed E-state index contributed by atoms with van der Waals surface area (Å²) in [6.45, 7) is 4.03. The van der Waals surface area contributed by atoms with Gasteiger partial charge in [0, 0.05) is 12.8 Å². The number of aliphatic hydroxyl groups excluding tert-OH is 1. The number of carbonyl (C=O) groups is 2. The van der Waals surface area contributed by atoms with Gasteiger partial charge in [-0.3, -0.25) is 9.59 Å². The second-order valence-electron chi connectivity index (χ2n) is 17.9. The van der Waals surface area contributed by atoms with Crippen molar-refractivity contribution >= 4 is 11.9 Å². The van der Waals surface area contributed by atoms with Gasteiger partial charge in [-0.25, -0.2) is 0 Å². The molecule has 1 N–H and O–H groups in total. The standard InChI is InChI=1S/C60H102O5/c1-3-5-7-9-11-13-15-17-18-19-20-21-22-23-24-25-26-27-28-29-30-31-32-33-34-35-36-37-38-39-40-41-42-43-45-47-49-51-53-55-60(63)65-58(56-61)57-64-59(62)54-52-50-48-46-44-16-14-12-10-8-6-4-2/h5,7,11,13,17-18,20-21,23-24,26-27,29-30,32-33,58,61H,3-4,6,8-10,12,14-16,19,22,25,28,31,34-57H2,1-2H3/b7-5-,13-11-,18-17-,21-20-,24-23-,27-26-,30-29-,33-32-. The van der Waals surface area contributed by atoms with E-state index in [-0.39, 0.29) is 25.2 Å². The lowest BCUT2D eigenvalue weighted by Crippen LogP contribution is -2.28. The van der Waals surface area contributed by atoms with Gasteiger partial charge in [0.15, 0.2) is 6.10 Å². The maximum Gasteiger partial charge on any atom is 0.306 e. The first-order chi connectivity index (χ1) is 32.1. The molecule has 0 radical (unpaired) electrons. The Balaban J connectivity index is 3.51. The summed E-state index contributed by atoms with van der Waals surface area (Å²) in [5.74, 6) is -0.588. The quantitative estimate of drug-likeness (QED) is 0.0374. The first-order valence-corrected chi connectivity index (χ1v) is 27.3. The molecule has 0 bridgehead atoms. The molecule has 0 aliphatic carbocycles. The minimum absolute atomic E-state index is 0.0655. The Morgan fingerprint density at radius 3 is 1.00 bits per heavy atom. The molecule has 1 unspecified atom stereocenters. The molecule has 372 valence electrons. The summed E-state index contributed by atoms with van der Waals surface area (Å²) in [6.07, 6.45) is 78.1. The van der Waals surface area contributed by atoms with Crippen LogP contribution >= 0.6 is 0 Å². The highest BCUT2D eigenvalue weighted by molar-refractivity contribution is 5.70. The fraction of sp³-hybridized carbons (Fsp3) is 0.700. The highest BCUT2D eigenvalue weighted by Gasteiger charge is 2.16. The zero-order chi connectivity index (χ0) is 47.0. The molecule has 5 nitrogen and oxygen atoms in total. The van der Waals surface area contributed by atoms with E-state index in [1.807, 2.05) is 0 Å². The molecule has 1 atom stereocenters. The smallest absolute Gasteiger partial charge is 0.306 e. The minimum Gasteiger partial charge on any atom is -0.462 e. The van der Waals surface area contributed by atoms with Crippen LogP contribution in [0.1, 0.15) is 251 Å². The maximum atomic E-state index is 12.3. The summed E-state index contributed by atoms with van der Waals surface area (Å²) in [5.41, 5.74) is 0. The predicted molar refractivity (Wildman–Crippen MR) is 283 cm³/mol. The number of ether oxygens (including phenoxy) is 2. The number of hydrogen-bond donors (Lipinski definition) is 1. The third-order valence-electron chi connectivity index (χ3n) is 11.6. The summed E-state index contributed by atoms with van der Waals surface area (Å²) in [4.78, 5) is 24.4. The number of rotatable bonds is 49. The summed E-state index contributed by atoms with van der Waals surface area (Å²) in [5, 5.41) is 9.61. The number of allylic oxidation sites excluding steroid dienone is 16. The second-order valence-corrected chi connectivity index (χ2v) is 17.9. The van der Waals surface area contributed by atoms with Crippen molar-refractivity contribution in [2.75, 3.05) is 13.2 Å². The Labute approximate surface area is 402 Å². The van der Waals surface area contributed by atoms with E-state index in [1.165, 1.54) is 135 Å². The van der Waals surface area contributed by atoms with Gasteiger partial charge in [-0.2, -0.15) is 0 Å². The summed E-state index contributed by atoms with van der Waals surface area (Å²) in [7, 11) is 0. The van der Waals surface area contributed by atoms with Gasteiger partial charge in [0.2, 0.25) is 0 Å². The lowest BCUT2D eigenvalue weighted by Gasteiger charge is -2.15. The van der Waals surface area contributed by atoms with Crippen LogP contribution < -0.4 is 0 Å². The van der Waals surface area contributed by atoms with Crippen molar-refractivity contribution in [3.8, 4) is 0 Å². The molecule has 0 aromatic carbocycles. The minimum atomic E-state index is -0.773. The van der Waals surface area contributed by atoms with Crippen LogP contribution in [-0.2, 0) is 19.1 Å². The number of carbonyl (C=O) groups excluding carboxylic acids is 2. The molecule has 5 heteroatoms. The van der Waals surface area contributed by atoms with Gasteiger partial charge in [-0.1, -0.05) is 259 Å². The van der Waals surface area contributed by atoms with E-state index in [1.54, 1.807) is 0 Å². The molecule has 0 saturated carbocycles. The average Bonchev–Trinajstić information content (AvgIpc) is 3.31. The first kappa shape index (κ1) is 61.8. The van der Waals surface area contributed by atoms with Crippen molar-refractivity contribution in [3.05, 3.63) is 97.2 Å². The monoisotopic (exact) mass is 903 g/mol. The van der Waals surface area contributed by atoms with Crippen LogP contribution in [0.3, 0.4) is 0 Å². The Morgan fingerprint density at radius 2 is 0.662 bits per heavy atom. The Bertz CT molecular complexity index is 1250. The molecule has 0 rings (SSSR count). The first-order valence-electron chi connectivity index (χ1n) is 27.3. The molecule has 0 fully saturated rings. The number of esters is 2. The van der Waals surface area contributed by atoms with E-state index >= 15 is 0 Å². The van der Waals surface area contributed by atoms with Crippen LogP contribution in [0.4, 0.5) is 0 Å². The molecule has 0 spiro atoms. The van der Waals surface area contributed by atoms with Crippen molar-refractivity contribution in [2.24, 2.45) is 0 Å². The number of hydrogen-bond acceptors (Lipinski definition) is 5. The average molecular weight is 903 g/mol. The van der Waals surface area contributed by atoms with Gasteiger partial charge in [0.25, 0.3) is 0 Å². The van der Waals surface area contributed by atoms with Crippen LogP contribution in [0.15, 0.2) is 97.2 Å². The van der Waals surface area contributed by atoms with Crippen LogP contribution in [0.5, 0.6) is 0 Å². The van der Waals surface area contributed by atoms with Gasteiger partial charge < -0.3 is 14.6 Å². The summed E-state index contributed by atoms with van der Waals surface area (Å²) in [6, 6.07) is 0. The Hall–Kier alpha value is -3.18. The molecule has 0 aromatic rings. The molecular formula is C60H102O5. The van der Waals surface area contributed by atoms with Gasteiger partial charge in [0.05, 0.1) is 6.61 Å². The molecule has 0 aliphatic rings. The van der Waals surface area contributed by atoms with Gasteiger partial charge in [-0.15, -0.1) is 0 Å². The summed E-state index contributed by atoms with van der Waals surface area (Å²) >= 11 is 0. The molecule has 0 aliphatic heterocycles. The SMILES string of the molecule is CC/C=C\C/C=C\C/C=C\C/C=C\C/C=C\C/C=C\C/C=C\C/C=C\CCCCCCCCCCCCCCCCC(=O)OC(CO)COC(=O)CCCCCCCCCCCCCC. The molecule has 0 amide bonds. The molecule has 0 saturated heterocycles. The zero-order valence-electron chi connectivity index (χ0n) is 42.5. The normalized spacial score (nSPS) is 13.0. The summed E-state index contributed by atoms with van der Waals surface area (Å²) < 4.78 is 10.7. The number of unbranched alkanes of at least 4 members (excludes halogenated alkanes) is 25. The van der Waals surface area contributed by atoms with Gasteiger partial charge >= 0.3 is 11.9 Å². The Morgan fingerprint density at radius 1 is 0.369 bits per heavy atom. The van der Waals surface area contributed by atoms with Crippen molar-refractivity contribution in [2.45, 2.75) is 258 Å². The maximum absolute atomic E-state index is 12.3. The van der Waals surface area contributed by atoms with E-state index in [4.69, 9.17) is 9.47 Å². The molecule has 0 aromatic heterocycles. The molecule has 0 heterocycles. The van der Waals surface area contributed by atoms with Crippen LogP contribution in [0.25, 0.3) is 0 Å². The lowest BCUT2D eigenvalue weighted by molar-refractivity contribution is -0.161. The second kappa shape index (κ2) is 55.1. The molecular weight excluding hydrogens is 801 g/mol. The lowest BCUT2D eigenvalue weighted by atomic mass is 10.0. The highest BCUT2D eigenvalue weighted by atomic mass is 16.6. The van der Waals surface area contributed by atoms with Crippen molar-refractivity contribution in [3.63, 3.8) is 0 Å². The van der Waals surface area contributed by atoms with Gasteiger partial charge in [0.1, 0.15) is 6.61 Å². The van der Waals surface area contributed by atoms with E-state index in [2.05, 4.69) is 111 Å². The van der Waals surface area contributed by atoms with Crippen LogP contribution in [0.2, 0.25) is 0 Å². The van der Waals surface area contributed by atoms with Crippen LogP contribution in [-0.4, -0.2) is 36.4 Å². The van der Waals surface area contributed by atoms with E-state index in [0.29, 0.717) is 12.8 Å². The highest BCUT2D eigenvalue weighted by Crippen LogP contribution is 2.16. The molecule has 65 heavy (non-hydrogen) atoms. The van der Waals surface area contributed by atoms with E-state index in [9.17, 15) is 14.7 Å². The Kier molecular flexibility index (Phi) is 52.5. The third-order valence-corrected chi connectivity index (χ3v) is 11.6. The van der Waals surface area contributed by atoms with Crippen molar-refractivity contribution in [1.29, 1.82) is 0 Å². The van der Waals surface area contributed by atoms with Crippen LogP contribution in [0, 0.1) is 0 Å². The fourth-order valence-electron chi connectivity index (χ4n) is 7.57. The van der Waals surface area contributed by atoms with Crippen molar-refractivity contribution < 1.29 is 24.2 Å². The topological polar surface area (TPSA) is 72.8 Å².